The predicted octanol–water partition coefficient (Wildman–Crippen LogP) is 5.94. The lowest BCUT2D eigenvalue weighted by molar-refractivity contribution is -0.116. The van der Waals surface area contributed by atoms with Gasteiger partial charge in [0.05, 0.1) is 41.0 Å². The Morgan fingerprint density at radius 1 is 0.877 bits per heavy atom. The number of nitrogens with zero attached hydrogens (tertiary/aromatic N) is 2. The lowest BCUT2D eigenvalue weighted by atomic mass is 9.72. The number of ether oxygens (including phenoxy) is 2. The number of amides is 1. The van der Waals surface area contributed by atoms with E-state index in [9.17, 15) is 29.7 Å². The van der Waals surface area contributed by atoms with Crippen molar-refractivity contribution in [1.29, 1.82) is 0 Å². The summed E-state index contributed by atoms with van der Waals surface area (Å²) in [4.78, 5) is 50.7. The molecule has 1 fully saturated rings. The van der Waals surface area contributed by atoms with Crippen LogP contribution in [0.25, 0.3) is 0 Å². The number of carbonyl (C=O) groups is 3. The minimum Gasteiger partial charge on any atom is -0.507 e. The summed E-state index contributed by atoms with van der Waals surface area (Å²) in [6.07, 6.45) is 8.03. The summed E-state index contributed by atoms with van der Waals surface area (Å²) < 4.78 is 12.4. The first-order valence-corrected chi connectivity index (χ1v) is 20.6. The van der Waals surface area contributed by atoms with Gasteiger partial charge in [0.2, 0.25) is 5.78 Å². The highest BCUT2D eigenvalue weighted by Gasteiger charge is 2.54. The number of nitrogens with one attached hydrogen (secondary N) is 2. The number of benzene rings is 1. The number of aliphatic imine (C=N–C) groups is 1. The zero-order valence-electron chi connectivity index (χ0n) is 35.4. The van der Waals surface area contributed by atoms with Crippen molar-refractivity contribution in [2.75, 3.05) is 19.6 Å². The van der Waals surface area contributed by atoms with Crippen LogP contribution in [0.15, 0.2) is 52.5 Å². The van der Waals surface area contributed by atoms with Gasteiger partial charge in [-0.05, 0) is 49.5 Å². The minimum atomic E-state index is -1.82. The SMILES string of the molecule is C/C1=C/C=C/[C@H](C)[C@H](O)[C@@H](C)[C@@H](O)[C@@H](C)[C@H](C)[C@H](C)[C@@H](C)/C=C/O[C@@]2(C)Oc3c(C)c(O)c4c(c3C2=O)C2=NC3(CCN(CC(C)C)CC3)NC2=C(NC1=O)C4=O. The molecule has 0 radical (unpaired) electrons. The Bertz CT molecular complexity index is 1970. The number of aliphatic hydroxyl groups is 2. The van der Waals surface area contributed by atoms with Crippen molar-refractivity contribution in [3.63, 3.8) is 0 Å². The fourth-order valence-electron chi connectivity index (χ4n) is 9.03. The Kier molecular flexibility index (Phi) is 11.8. The lowest BCUT2D eigenvalue weighted by Crippen LogP contribution is -2.50. The summed E-state index contributed by atoms with van der Waals surface area (Å²) in [6.45, 7) is 23.5. The van der Waals surface area contributed by atoms with Crippen LogP contribution in [-0.2, 0) is 9.53 Å². The number of ketones is 2. The number of carbonyl (C=O) groups excluding carboxylic acids is 3. The average Bonchev–Trinajstić information content (AvgIpc) is 3.67. The summed E-state index contributed by atoms with van der Waals surface area (Å²) in [6, 6.07) is 0. The van der Waals surface area contributed by atoms with Crippen LogP contribution in [0.1, 0.15) is 114 Å². The number of Topliss-reactive ketones (excluding diaryl/α,β-unsaturated/α-hetero) is 2. The van der Waals surface area contributed by atoms with Gasteiger partial charge in [0.1, 0.15) is 22.9 Å². The first kappa shape index (κ1) is 42.3. The third-order valence-electron chi connectivity index (χ3n) is 13.4. The van der Waals surface area contributed by atoms with Gasteiger partial charge >= 0.3 is 5.79 Å². The number of hydrogen-bond acceptors (Lipinski definition) is 11. The van der Waals surface area contributed by atoms with E-state index in [4.69, 9.17) is 14.5 Å². The largest absolute Gasteiger partial charge is 0.507 e. The monoisotopic (exact) mass is 786 g/mol. The molecule has 5 heterocycles. The topological polar surface area (TPSA) is 170 Å². The molecule has 9 atom stereocenters. The van der Waals surface area contributed by atoms with Gasteiger partial charge in [0, 0.05) is 67.9 Å². The fraction of sp³-hybridized carbons (Fsp3) is 0.600. The maximum Gasteiger partial charge on any atom is 0.312 e. The second-order valence-corrected chi connectivity index (χ2v) is 18.0. The number of aromatic hydroxyl groups is 1. The molecular formula is C45H62N4O8. The van der Waals surface area contributed by atoms with E-state index in [2.05, 4.69) is 43.2 Å². The van der Waals surface area contributed by atoms with Crippen LogP contribution in [0.5, 0.6) is 11.5 Å². The number of fused-ring (bicyclic) bond motifs is 13. The standard InChI is InChI=1S/C45H62N4O8/c1-22(2)21-49-18-16-45(17-19-49)47-34-31-32-39(52)30(10)41-33(31)42(54)44(11,57-41)56-20-15-23(3)26(6)27(7)28(8)38(51)29(9)37(50)24(4)13-12-14-25(5)43(55)46-36(40(32)53)35(34)48-45/h12-15,20,22-24,26-29,37-38,48,50-52H,16-19,21H2,1-11H3,(H,46,55)/b13-12+,20-15+,25-14-/t23-,24-,26+,27+,28-,29+,37-,38-,44-/m0/s1. The quantitative estimate of drug-likeness (QED) is 0.242. The van der Waals surface area contributed by atoms with E-state index in [0.717, 1.165) is 19.6 Å². The molecule has 0 unspecified atom stereocenters. The zero-order chi connectivity index (χ0) is 41.9. The van der Waals surface area contributed by atoms with Gasteiger partial charge in [-0.25, -0.2) is 0 Å². The van der Waals surface area contributed by atoms with Crippen LogP contribution in [0.4, 0.5) is 0 Å². The molecular weight excluding hydrogens is 725 g/mol. The molecule has 1 aromatic carbocycles. The fourth-order valence-corrected chi connectivity index (χ4v) is 9.03. The van der Waals surface area contributed by atoms with Gasteiger partial charge in [0.15, 0.2) is 0 Å². The summed E-state index contributed by atoms with van der Waals surface area (Å²) >= 11 is 0. The van der Waals surface area contributed by atoms with Gasteiger partial charge in [-0.2, -0.15) is 0 Å². The highest BCUT2D eigenvalue weighted by molar-refractivity contribution is 6.34. The molecule has 12 nitrogen and oxygen atoms in total. The summed E-state index contributed by atoms with van der Waals surface area (Å²) in [7, 11) is 0. The molecule has 1 amide bonds. The van der Waals surface area contributed by atoms with E-state index < -0.39 is 47.0 Å². The van der Waals surface area contributed by atoms with Gasteiger partial charge < -0.3 is 40.3 Å². The predicted molar refractivity (Wildman–Crippen MR) is 219 cm³/mol. The van der Waals surface area contributed by atoms with Crippen molar-refractivity contribution in [3.05, 3.63) is 69.8 Å². The normalized spacial score (nSPS) is 35.5. The van der Waals surface area contributed by atoms with Crippen LogP contribution < -0.4 is 15.4 Å². The number of phenolic OH excluding ortho intramolecular Hbond substituents is 1. The molecule has 57 heavy (non-hydrogen) atoms. The average molecular weight is 787 g/mol. The van der Waals surface area contributed by atoms with E-state index in [1.807, 2.05) is 33.8 Å². The number of hydrogen-bond donors (Lipinski definition) is 5. The highest BCUT2D eigenvalue weighted by atomic mass is 16.7. The molecule has 310 valence electrons. The van der Waals surface area contributed by atoms with Crippen LogP contribution in [-0.4, -0.2) is 86.7 Å². The zero-order valence-corrected chi connectivity index (χ0v) is 35.4. The van der Waals surface area contributed by atoms with Crippen molar-refractivity contribution in [1.82, 2.24) is 15.5 Å². The second-order valence-electron chi connectivity index (χ2n) is 18.0. The number of piperidine rings is 1. The first-order chi connectivity index (χ1) is 26.7. The Labute approximate surface area is 337 Å². The van der Waals surface area contributed by atoms with Crippen molar-refractivity contribution in [2.24, 2.45) is 46.4 Å². The molecule has 0 saturated carbocycles. The van der Waals surface area contributed by atoms with Crippen molar-refractivity contribution in [2.45, 2.75) is 113 Å². The van der Waals surface area contributed by atoms with Crippen molar-refractivity contribution in [3.8, 4) is 11.5 Å². The molecule has 1 aromatic rings. The van der Waals surface area contributed by atoms with Crippen LogP contribution in [0.3, 0.4) is 0 Å². The molecule has 5 N–H and O–H groups in total. The van der Waals surface area contributed by atoms with Gasteiger partial charge in [-0.3, -0.25) is 19.4 Å². The molecule has 1 spiro atoms. The van der Waals surface area contributed by atoms with Crippen LogP contribution >= 0.6 is 0 Å². The van der Waals surface area contributed by atoms with E-state index >= 15 is 0 Å². The van der Waals surface area contributed by atoms with E-state index in [1.54, 1.807) is 32.1 Å². The minimum absolute atomic E-state index is 0.0284. The third-order valence-corrected chi connectivity index (χ3v) is 13.4. The second kappa shape index (κ2) is 15.8. The molecule has 1 saturated heterocycles. The molecule has 0 aromatic heterocycles. The molecule has 5 aliphatic heterocycles. The Balaban J connectivity index is 1.48. The Hall–Kier alpha value is -4.26. The number of phenols is 1. The molecule has 7 rings (SSSR count). The summed E-state index contributed by atoms with van der Waals surface area (Å²) in [5, 5.41) is 40.8. The van der Waals surface area contributed by atoms with Crippen LogP contribution in [0.2, 0.25) is 0 Å². The van der Waals surface area contributed by atoms with Crippen molar-refractivity contribution < 1.29 is 39.2 Å². The summed E-state index contributed by atoms with van der Waals surface area (Å²) in [5.41, 5.74) is 0.337. The Morgan fingerprint density at radius 3 is 2.19 bits per heavy atom. The third kappa shape index (κ3) is 7.60. The number of aliphatic hydroxyl groups excluding tert-OH is 2. The van der Waals surface area contributed by atoms with E-state index in [1.165, 1.54) is 13.2 Å². The molecule has 5 bridgehead atoms. The van der Waals surface area contributed by atoms with Gasteiger partial charge in [-0.15, -0.1) is 0 Å². The number of rotatable bonds is 2. The molecule has 1 aliphatic carbocycles. The number of allylic oxidation sites excluding steroid dienone is 5. The summed E-state index contributed by atoms with van der Waals surface area (Å²) in [5.74, 6) is -4.13. The number of likely N-dealkylation sites (tertiary alicyclic amines) is 1. The smallest absolute Gasteiger partial charge is 0.312 e. The molecule has 6 aliphatic rings. The van der Waals surface area contributed by atoms with Gasteiger partial charge in [-0.1, -0.05) is 73.6 Å². The molecule has 12 heteroatoms. The van der Waals surface area contributed by atoms with Crippen molar-refractivity contribution >= 4 is 23.2 Å². The first-order valence-electron chi connectivity index (χ1n) is 20.6. The lowest BCUT2D eigenvalue weighted by Gasteiger charge is -2.38. The van der Waals surface area contributed by atoms with Crippen LogP contribution in [0, 0.1) is 48.3 Å². The maximum atomic E-state index is 14.7. The van der Waals surface area contributed by atoms with Gasteiger partial charge in [0.25, 0.3) is 11.7 Å². The highest BCUT2D eigenvalue weighted by Crippen LogP contribution is 2.50. The van der Waals surface area contributed by atoms with E-state index in [0.29, 0.717) is 35.7 Å². The maximum absolute atomic E-state index is 14.7. The Morgan fingerprint density at radius 2 is 1.54 bits per heavy atom. The van der Waals surface area contributed by atoms with E-state index in [-0.39, 0.29) is 69.0 Å².